The summed E-state index contributed by atoms with van der Waals surface area (Å²) in [6, 6.07) is 16.7. The molecule has 28 heavy (non-hydrogen) atoms. The minimum atomic E-state index is -2.67. The molecule has 5 nitrogen and oxygen atoms in total. The molecule has 0 saturated carbocycles. The minimum absolute atomic E-state index is 0.279. The number of benzene rings is 1. The first kappa shape index (κ1) is 19.8. The van der Waals surface area contributed by atoms with Gasteiger partial charge in [-0.2, -0.15) is 0 Å². The van der Waals surface area contributed by atoms with E-state index < -0.39 is 9.71 Å². The zero-order valence-corrected chi connectivity index (χ0v) is 16.8. The Bertz CT molecular complexity index is 1080. The summed E-state index contributed by atoms with van der Waals surface area (Å²) in [5.41, 5.74) is 4.09. The van der Waals surface area contributed by atoms with Gasteiger partial charge in [-0.1, -0.05) is 30.4 Å². The molecule has 1 aromatic carbocycles. The maximum atomic E-state index is 13.0. The Morgan fingerprint density at radius 1 is 1.14 bits per heavy atom. The molecular weight excluding hydrogens is 370 g/mol. The van der Waals surface area contributed by atoms with Crippen molar-refractivity contribution in [3.63, 3.8) is 0 Å². The van der Waals surface area contributed by atoms with Crippen molar-refractivity contribution in [1.29, 1.82) is 0 Å². The molecule has 0 bridgehead atoms. The molecule has 0 aliphatic rings. The van der Waals surface area contributed by atoms with E-state index in [2.05, 4.69) is 27.1 Å². The van der Waals surface area contributed by atoms with Gasteiger partial charge in [0.25, 0.3) is 0 Å². The van der Waals surface area contributed by atoms with Crippen molar-refractivity contribution < 1.29 is 8.95 Å². The molecule has 0 saturated heterocycles. The summed E-state index contributed by atoms with van der Waals surface area (Å²) < 4.78 is 21.4. The highest BCUT2D eigenvalue weighted by Crippen LogP contribution is 2.22. The van der Waals surface area contributed by atoms with Crippen molar-refractivity contribution in [2.45, 2.75) is 18.4 Å². The quantitative estimate of drug-likeness (QED) is 0.617. The van der Waals surface area contributed by atoms with Gasteiger partial charge in [-0.3, -0.25) is 4.98 Å². The number of hydrogen-bond acceptors (Lipinski definition) is 4. The molecular formula is C22H23N3O2S. The highest BCUT2D eigenvalue weighted by atomic mass is 32.2. The summed E-state index contributed by atoms with van der Waals surface area (Å²) in [7, 11) is -1.07. The van der Waals surface area contributed by atoms with E-state index in [-0.39, 0.29) is 6.54 Å². The van der Waals surface area contributed by atoms with Crippen LogP contribution in [-0.2, 0) is 16.3 Å². The lowest BCUT2D eigenvalue weighted by atomic mass is 10.1. The van der Waals surface area contributed by atoms with Crippen LogP contribution in [0.5, 0.6) is 5.75 Å². The third kappa shape index (κ3) is 4.65. The Kier molecular flexibility index (Phi) is 5.92. The van der Waals surface area contributed by atoms with Crippen molar-refractivity contribution in [1.82, 2.24) is 14.7 Å². The van der Waals surface area contributed by atoms with E-state index in [4.69, 9.17) is 4.74 Å². The Balaban J connectivity index is 1.82. The molecule has 2 heterocycles. The normalized spacial score (nSPS) is 12.9. The van der Waals surface area contributed by atoms with Gasteiger partial charge in [0.1, 0.15) is 5.75 Å². The smallest absolute Gasteiger partial charge is 0.122 e. The lowest BCUT2D eigenvalue weighted by Crippen LogP contribution is -2.23. The van der Waals surface area contributed by atoms with E-state index >= 15 is 0 Å². The van der Waals surface area contributed by atoms with Crippen LogP contribution < -0.4 is 9.46 Å². The van der Waals surface area contributed by atoms with Gasteiger partial charge in [0.2, 0.25) is 0 Å². The number of aromatic nitrogens is 2. The lowest BCUT2D eigenvalue weighted by Gasteiger charge is -2.13. The summed E-state index contributed by atoms with van der Waals surface area (Å²) in [5.74, 6) is 4.54. The molecule has 144 valence electrons. The monoisotopic (exact) mass is 393 g/mol. The average Bonchev–Trinajstić information content (AvgIpc) is 2.73. The number of nitrogens with zero attached hydrogens (tertiary/aromatic N) is 2. The van der Waals surface area contributed by atoms with Crippen molar-refractivity contribution >= 4 is 21.2 Å². The predicted octanol–water partition coefficient (Wildman–Crippen LogP) is 3.97. The van der Waals surface area contributed by atoms with Gasteiger partial charge in [-0.25, -0.2) is 13.9 Å². The van der Waals surface area contributed by atoms with Gasteiger partial charge >= 0.3 is 0 Å². The van der Waals surface area contributed by atoms with Crippen LogP contribution in [-0.4, -0.2) is 27.2 Å². The standard InChI is InChI=1S/C22H23N3O2S/c1-16(2)17-8-10-20(11-9-17)28(4,26)24-15-18-13-19(27-3)14-22(25-18)21-7-5-6-12-23-21/h5-14H,1,4,15H2,2-3H3,(H,24,26). The number of ether oxygens (including phenoxy) is 1. The highest BCUT2D eigenvalue weighted by molar-refractivity contribution is 7.98. The molecule has 0 aliphatic carbocycles. The minimum Gasteiger partial charge on any atom is -0.497 e. The fourth-order valence-corrected chi connectivity index (χ4v) is 3.77. The number of methoxy groups -OCH3 is 1. The topological polar surface area (TPSA) is 64.1 Å². The van der Waals surface area contributed by atoms with Crippen molar-refractivity contribution in [2.75, 3.05) is 7.11 Å². The number of nitrogens with one attached hydrogen (secondary N) is 1. The second-order valence-electron chi connectivity index (χ2n) is 6.40. The third-order valence-corrected chi connectivity index (χ3v) is 5.87. The van der Waals surface area contributed by atoms with Crippen molar-refractivity contribution in [3.8, 4) is 17.1 Å². The number of hydrogen-bond donors (Lipinski definition) is 1. The molecule has 0 amide bonds. The van der Waals surface area contributed by atoms with Crippen LogP contribution in [0.15, 0.2) is 72.3 Å². The molecule has 1 N–H and O–H groups in total. The summed E-state index contributed by atoms with van der Waals surface area (Å²) in [5, 5.41) is 0. The summed E-state index contributed by atoms with van der Waals surface area (Å²) in [6.07, 6.45) is 1.71. The van der Waals surface area contributed by atoms with E-state index in [1.807, 2.05) is 55.5 Å². The maximum absolute atomic E-state index is 13.0. The molecule has 1 atom stereocenters. The molecule has 0 spiro atoms. The SMILES string of the molecule is C=C(C)c1ccc(S(=C)(=O)NCc2cc(OC)cc(-c3ccccn3)n2)cc1. The maximum Gasteiger partial charge on any atom is 0.122 e. The van der Waals surface area contributed by atoms with Crippen molar-refractivity contribution in [3.05, 3.63) is 78.6 Å². The van der Waals surface area contributed by atoms with Crippen LogP contribution in [0.2, 0.25) is 0 Å². The molecule has 1 unspecified atom stereocenters. The third-order valence-electron chi connectivity index (χ3n) is 4.23. The van der Waals surface area contributed by atoms with Crippen LogP contribution in [0.3, 0.4) is 0 Å². The van der Waals surface area contributed by atoms with Gasteiger partial charge in [-0.15, -0.1) is 0 Å². The summed E-state index contributed by atoms with van der Waals surface area (Å²) in [4.78, 5) is 9.58. The first-order valence-corrected chi connectivity index (χ1v) is 10.5. The highest BCUT2D eigenvalue weighted by Gasteiger charge is 2.11. The second-order valence-corrected chi connectivity index (χ2v) is 8.51. The largest absolute Gasteiger partial charge is 0.497 e. The summed E-state index contributed by atoms with van der Waals surface area (Å²) in [6.45, 7) is 6.13. The second kappa shape index (κ2) is 8.37. The van der Waals surface area contributed by atoms with Crippen LogP contribution in [0.4, 0.5) is 0 Å². The van der Waals surface area contributed by atoms with Crippen LogP contribution >= 0.6 is 0 Å². The van der Waals surface area contributed by atoms with Crippen molar-refractivity contribution in [2.24, 2.45) is 0 Å². The fourth-order valence-electron chi connectivity index (χ4n) is 2.65. The first-order valence-electron chi connectivity index (χ1n) is 8.73. The van der Waals surface area contributed by atoms with Gasteiger partial charge in [-0.05, 0) is 42.6 Å². The molecule has 2 aromatic heterocycles. The van der Waals surface area contributed by atoms with Gasteiger partial charge in [0.15, 0.2) is 0 Å². The van der Waals surface area contributed by atoms with Crippen LogP contribution in [0.25, 0.3) is 17.0 Å². The van der Waals surface area contributed by atoms with Crippen LogP contribution in [0, 0.1) is 0 Å². The molecule has 0 radical (unpaired) electrons. The number of rotatable bonds is 7. The van der Waals surface area contributed by atoms with Gasteiger partial charge < -0.3 is 4.74 Å². The Morgan fingerprint density at radius 3 is 2.50 bits per heavy atom. The van der Waals surface area contributed by atoms with E-state index in [9.17, 15) is 4.21 Å². The first-order chi connectivity index (χ1) is 13.4. The van der Waals surface area contributed by atoms with E-state index in [1.54, 1.807) is 19.4 Å². The van der Waals surface area contributed by atoms with Gasteiger partial charge in [0, 0.05) is 23.2 Å². The van der Waals surface area contributed by atoms with E-state index in [0.717, 1.165) is 16.8 Å². The predicted molar refractivity (Wildman–Crippen MR) is 116 cm³/mol. The van der Waals surface area contributed by atoms with Gasteiger partial charge in [0.05, 0.1) is 40.4 Å². The van der Waals surface area contributed by atoms with E-state index in [0.29, 0.717) is 22.0 Å². The lowest BCUT2D eigenvalue weighted by molar-refractivity contribution is 0.413. The zero-order chi connectivity index (χ0) is 20.1. The fraction of sp³-hybridized carbons (Fsp3) is 0.136. The zero-order valence-electron chi connectivity index (χ0n) is 16.0. The molecule has 0 aliphatic heterocycles. The van der Waals surface area contributed by atoms with E-state index in [1.165, 1.54) is 0 Å². The molecule has 3 rings (SSSR count). The Labute approximate surface area is 166 Å². The average molecular weight is 394 g/mol. The molecule has 0 fully saturated rings. The Hall–Kier alpha value is -2.96. The molecule has 6 heteroatoms. The Morgan fingerprint density at radius 2 is 1.89 bits per heavy atom. The summed E-state index contributed by atoms with van der Waals surface area (Å²) >= 11 is 0. The number of allylic oxidation sites excluding steroid dienone is 1. The number of pyridine rings is 2. The molecule has 3 aromatic rings. The van der Waals surface area contributed by atoms with Crippen LogP contribution in [0.1, 0.15) is 18.2 Å².